The molecule has 0 saturated carbocycles. The van der Waals surface area contributed by atoms with Crippen molar-refractivity contribution in [2.45, 2.75) is 12.6 Å². The summed E-state index contributed by atoms with van der Waals surface area (Å²) >= 11 is 0. The number of anilines is 1. The van der Waals surface area contributed by atoms with E-state index in [1.165, 1.54) is 7.11 Å². The molecule has 1 aliphatic heterocycles. The van der Waals surface area contributed by atoms with Gasteiger partial charge in [-0.05, 0) is 12.1 Å². The summed E-state index contributed by atoms with van der Waals surface area (Å²) in [7, 11) is 1.54. The molecule has 1 N–H and O–H groups in total. The Morgan fingerprint density at radius 1 is 1.62 bits per heavy atom. The van der Waals surface area contributed by atoms with Crippen LogP contribution < -0.4 is 10.1 Å². The molecule has 2 rings (SSSR count). The zero-order valence-corrected chi connectivity index (χ0v) is 8.80. The maximum Gasteiger partial charge on any atom is 0.202 e. The number of hydrogen-bond acceptors (Lipinski definition) is 5. The number of oxime groups is 1. The van der Waals surface area contributed by atoms with E-state index in [0.717, 1.165) is 12.1 Å². The van der Waals surface area contributed by atoms with Crippen molar-refractivity contribution < 1.29 is 9.57 Å². The van der Waals surface area contributed by atoms with Crippen LogP contribution in [0.2, 0.25) is 0 Å². The van der Waals surface area contributed by atoms with Crippen molar-refractivity contribution in [2.24, 2.45) is 5.16 Å². The molecule has 1 unspecified atom stereocenters. The first-order valence-corrected chi connectivity index (χ1v) is 4.86. The predicted molar refractivity (Wildman–Crippen MR) is 59.3 cm³/mol. The van der Waals surface area contributed by atoms with Gasteiger partial charge in [0.05, 0.1) is 12.7 Å². The first kappa shape index (κ1) is 10.3. The van der Waals surface area contributed by atoms with Crippen LogP contribution in [-0.2, 0) is 4.84 Å². The molecule has 0 aromatic heterocycles. The van der Waals surface area contributed by atoms with E-state index in [1.807, 2.05) is 6.07 Å². The molecule has 1 heterocycles. The SMILES string of the molecule is COc1cc(NC2CC=NO2)ccc1C#N. The van der Waals surface area contributed by atoms with E-state index in [0.29, 0.717) is 11.3 Å². The van der Waals surface area contributed by atoms with Crippen LogP contribution in [0.3, 0.4) is 0 Å². The van der Waals surface area contributed by atoms with Crippen molar-refractivity contribution in [3.63, 3.8) is 0 Å². The number of nitriles is 1. The number of nitrogens with zero attached hydrogens (tertiary/aromatic N) is 2. The fourth-order valence-electron chi connectivity index (χ4n) is 1.44. The Morgan fingerprint density at radius 2 is 2.50 bits per heavy atom. The molecule has 1 aliphatic rings. The molecule has 0 saturated heterocycles. The van der Waals surface area contributed by atoms with Gasteiger partial charge in [-0.15, -0.1) is 0 Å². The van der Waals surface area contributed by atoms with Crippen LogP contribution in [0, 0.1) is 11.3 Å². The maximum atomic E-state index is 8.83. The van der Waals surface area contributed by atoms with Crippen LogP contribution in [-0.4, -0.2) is 19.6 Å². The summed E-state index contributed by atoms with van der Waals surface area (Å²) in [4.78, 5) is 5.04. The van der Waals surface area contributed by atoms with Crippen LogP contribution in [0.15, 0.2) is 23.4 Å². The summed E-state index contributed by atoms with van der Waals surface area (Å²) < 4.78 is 5.11. The number of hydrogen-bond donors (Lipinski definition) is 1. The smallest absolute Gasteiger partial charge is 0.202 e. The Kier molecular flexibility index (Phi) is 2.92. The van der Waals surface area contributed by atoms with Gasteiger partial charge >= 0.3 is 0 Å². The average Bonchev–Trinajstić information content (AvgIpc) is 2.81. The zero-order valence-electron chi connectivity index (χ0n) is 8.80. The van der Waals surface area contributed by atoms with Gasteiger partial charge in [-0.25, -0.2) is 0 Å². The number of nitrogens with one attached hydrogen (secondary N) is 1. The molecule has 0 aliphatic carbocycles. The molecule has 1 aromatic rings. The molecule has 0 radical (unpaired) electrons. The highest BCUT2D eigenvalue weighted by Gasteiger charge is 2.13. The van der Waals surface area contributed by atoms with Crippen LogP contribution in [0.5, 0.6) is 5.75 Å². The van der Waals surface area contributed by atoms with Crippen molar-refractivity contribution in [2.75, 3.05) is 12.4 Å². The number of rotatable bonds is 3. The first-order valence-electron chi connectivity index (χ1n) is 4.86. The summed E-state index contributed by atoms with van der Waals surface area (Å²) in [5, 5.41) is 15.6. The highest BCUT2D eigenvalue weighted by atomic mass is 16.7. The summed E-state index contributed by atoms with van der Waals surface area (Å²) in [6, 6.07) is 7.34. The predicted octanol–water partition coefficient (Wildman–Crippen LogP) is 1.71. The van der Waals surface area contributed by atoms with Gasteiger partial charge in [0.1, 0.15) is 11.8 Å². The summed E-state index contributed by atoms with van der Waals surface area (Å²) in [5.41, 5.74) is 1.35. The van der Waals surface area contributed by atoms with E-state index in [2.05, 4.69) is 16.5 Å². The second kappa shape index (κ2) is 4.53. The fourth-order valence-corrected chi connectivity index (χ4v) is 1.44. The van der Waals surface area contributed by atoms with Crippen LogP contribution in [0.1, 0.15) is 12.0 Å². The number of methoxy groups -OCH3 is 1. The van der Waals surface area contributed by atoms with Crippen molar-refractivity contribution in [1.82, 2.24) is 0 Å². The average molecular weight is 217 g/mol. The van der Waals surface area contributed by atoms with Gasteiger partial charge < -0.3 is 14.9 Å². The standard InChI is InChI=1S/C11H11N3O2/c1-15-10-6-9(3-2-8(10)7-12)14-11-4-5-13-16-11/h2-3,5-6,11,14H,4H2,1H3. The Morgan fingerprint density at radius 3 is 3.12 bits per heavy atom. The van der Waals surface area contributed by atoms with Crippen molar-refractivity contribution in [3.05, 3.63) is 23.8 Å². The molecule has 0 amide bonds. The van der Waals surface area contributed by atoms with Gasteiger partial charge in [0.25, 0.3) is 0 Å². The normalized spacial score (nSPS) is 17.6. The fraction of sp³-hybridized carbons (Fsp3) is 0.273. The minimum atomic E-state index is -0.141. The van der Waals surface area contributed by atoms with Crippen LogP contribution in [0.25, 0.3) is 0 Å². The van der Waals surface area contributed by atoms with Crippen molar-refractivity contribution in [3.8, 4) is 11.8 Å². The van der Waals surface area contributed by atoms with Gasteiger partial charge in [0.15, 0.2) is 0 Å². The van der Waals surface area contributed by atoms with Gasteiger partial charge in [0, 0.05) is 24.4 Å². The highest BCUT2D eigenvalue weighted by Crippen LogP contribution is 2.23. The zero-order chi connectivity index (χ0) is 11.4. The van der Waals surface area contributed by atoms with Gasteiger partial charge in [-0.2, -0.15) is 5.26 Å². The molecular weight excluding hydrogens is 206 g/mol. The lowest BCUT2D eigenvalue weighted by Crippen LogP contribution is -2.17. The summed E-state index contributed by atoms with van der Waals surface area (Å²) in [6.07, 6.45) is 2.29. The van der Waals surface area contributed by atoms with Gasteiger partial charge in [0.2, 0.25) is 6.23 Å². The molecule has 0 spiro atoms. The third-order valence-corrected chi connectivity index (χ3v) is 2.23. The lowest BCUT2D eigenvalue weighted by molar-refractivity contribution is 0.106. The quantitative estimate of drug-likeness (QED) is 0.836. The molecule has 0 fully saturated rings. The molecule has 1 atom stereocenters. The topological polar surface area (TPSA) is 66.6 Å². The Labute approximate surface area is 93.3 Å². The second-order valence-electron chi connectivity index (χ2n) is 3.29. The molecule has 5 heteroatoms. The first-order chi connectivity index (χ1) is 7.83. The largest absolute Gasteiger partial charge is 0.495 e. The maximum absolute atomic E-state index is 8.83. The van der Waals surface area contributed by atoms with Crippen LogP contribution >= 0.6 is 0 Å². The van der Waals surface area contributed by atoms with E-state index < -0.39 is 0 Å². The number of ether oxygens (including phenoxy) is 1. The molecule has 0 bridgehead atoms. The Hall–Kier alpha value is -2.22. The Bertz CT molecular complexity index is 443. The third-order valence-electron chi connectivity index (χ3n) is 2.23. The summed E-state index contributed by atoms with van der Waals surface area (Å²) in [5.74, 6) is 0.548. The van der Waals surface area contributed by atoms with E-state index in [4.69, 9.17) is 14.8 Å². The van der Waals surface area contributed by atoms with Crippen molar-refractivity contribution in [1.29, 1.82) is 5.26 Å². The lowest BCUT2D eigenvalue weighted by Gasteiger charge is -2.13. The number of benzene rings is 1. The molecular formula is C11H11N3O2. The monoisotopic (exact) mass is 217 g/mol. The second-order valence-corrected chi connectivity index (χ2v) is 3.29. The highest BCUT2D eigenvalue weighted by molar-refractivity contribution is 5.61. The van der Waals surface area contributed by atoms with E-state index in [-0.39, 0.29) is 6.23 Å². The third kappa shape index (κ3) is 2.06. The molecule has 5 nitrogen and oxygen atoms in total. The van der Waals surface area contributed by atoms with E-state index >= 15 is 0 Å². The van der Waals surface area contributed by atoms with Gasteiger partial charge in [-0.3, -0.25) is 0 Å². The van der Waals surface area contributed by atoms with Crippen LogP contribution in [0.4, 0.5) is 5.69 Å². The summed E-state index contributed by atoms with van der Waals surface area (Å²) in [6.45, 7) is 0. The van der Waals surface area contributed by atoms with E-state index in [1.54, 1.807) is 18.3 Å². The van der Waals surface area contributed by atoms with E-state index in [9.17, 15) is 0 Å². The Balaban J connectivity index is 2.13. The lowest BCUT2D eigenvalue weighted by atomic mass is 10.2. The molecule has 16 heavy (non-hydrogen) atoms. The minimum absolute atomic E-state index is 0.141. The molecule has 82 valence electrons. The molecule has 1 aromatic carbocycles. The minimum Gasteiger partial charge on any atom is -0.495 e. The van der Waals surface area contributed by atoms with Crippen molar-refractivity contribution >= 4 is 11.9 Å². The van der Waals surface area contributed by atoms with Gasteiger partial charge in [-0.1, -0.05) is 5.16 Å².